The highest BCUT2D eigenvalue weighted by atomic mass is 16.5. The molecule has 0 aromatic carbocycles. The predicted molar refractivity (Wildman–Crippen MR) is 90.1 cm³/mol. The van der Waals surface area contributed by atoms with Gasteiger partial charge in [0, 0.05) is 26.4 Å². The van der Waals surface area contributed by atoms with Gasteiger partial charge in [0.1, 0.15) is 0 Å². The Hall–Kier alpha value is -1.40. The van der Waals surface area contributed by atoms with Crippen LogP contribution in [0.2, 0.25) is 0 Å². The van der Waals surface area contributed by atoms with Crippen molar-refractivity contribution in [2.75, 3.05) is 20.3 Å². The zero-order chi connectivity index (χ0) is 16.5. The van der Waals surface area contributed by atoms with Gasteiger partial charge in [0.15, 0.2) is 0 Å². The third-order valence-electron chi connectivity index (χ3n) is 4.53. The van der Waals surface area contributed by atoms with Crippen LogP contribution in [0.5, 0.6) is 0 Å². The van der Waals surface area contributed by atoms with E-state index in [0.717, 1.165) is 18.5 Å². The molecule has 0 radical (unpaired) electrons. The highest BCUT2D eigenvalue weighted by Crippen LogP contribution is 2.17. The summed E-state index contributed by atoms with van der Waals surface area (Å²) in [5.41, 5.74) is 1.02. The Morgan fingerprint density at radius 2 is 2.04 bits per heavy atom. The topological polar surface area (TPSA) is 68.2 Å². The van der Waals surface area contributed by atoms with Crippen LogP contribution in [0.3, 0.4) is 0 Å². The van der Waals surface area contributed by atoms with Crippen molar-refractivity contribution < 1.29 is 9.53 Å². The van der Waals surface area contributed by atoms with Gasteiger partial charge in [0.05, 0.1) is 24.9 Å². The maximum absolute atomic E-state index is 12.2. The van der Waals surface area contributed by atoms with E-state index in [1.807, 2.05) is 17.8 Å². The van der Waals surface area contributed by atoms with Crippen LogP contribution < -0.4 is 10.6 Å². The lowest BCUT2D eigenvalue weighted by Gasteiger charge is -2.22. The largest absolute Gasteiger partial charge is 0.383 e. The molecule has 2 N–H and O–H groups in total. The summed E-state index contributed by atoms with van der Waals surface area (Å²) < 4.78 is 7.07. The van der Waals surface area contributed by atoms with Crippen molar-refractivity contribution in [3.05, 3.63) is 18.0 Å². The summed E-state index contributed by atoms with van der Waals surface area (Å²) >= 11 is 0. The van der Waals surface area contributed by atoms with Crippen LogP contribution in [0.15, 0.2) is 12.3 Å². The molecule has 1 heterocycles. The second-order valence-corrected chi connectivity index (χ2v) is 6.38. The number of amides is 1. The van der Waals surface area contributed by atoms with E-state index in [0.29, 0.717) is 19.2 Å². The van der Waals surface area contributed by atoms with Crippen molar-refractivity contribution in [3.8, 4) is 0 Å². The van der Waals surface area contributed by atoms with E-state index in [1.54, 1.807) is 13.3 Å². The molecular weight excluding hydrogens is 292 g/mol. The van der Waals surface area contributed by atoms with Gasteiger partial charge in [0.2, 0.25) is 5.91 Å². The molecule has 1 atom stereocenters. The number of nitrogens with zero attached hydrogens (tertiary/aromatic N) is 2. The molecule has 1 aliphatic rings. The lowest BCUT2D eigenvalue weighted by Crippen LogP contribution is -2.42. The molecule has 0 unspecified atom stereocenters. The van der Waals surface area contributed by atoms with Gasteiger partial charge in [-0.2, -0.15) is 5.10 Å². The minimum absolute atomic E-state index is 0.0319. The second-order valence-electron chi connectivity index (χ2n) is 6.38. The number of nitrogens with one attached hydrogen (secondary N) is 2. The van der Waals surface area contributed by atoms with Gasteiger partial charge >= 0.3 is 0 Å². The average Bonchev–Trinajstić information content (AvgIpc) is 2.92. The van der Waals surface area contributed by atoms with Gasteiger partial charge in [-0.05, 0) is 18.9 Å². The summed E-state index contributed by atoms with van der Waals surface area (Å²) in [6.07, 6.45) is 10.3. The monoisotopic (exact) mass is 322 g/mol. The van der Waals surface area contributed by atoms with E-state index in [4.69, 9.17) is 4.74 Å². The fourth-order valence-corrected chi connectivity index (χ4v) is 3.24. The van der Waals surface area contributed by atoms with Crippen LogP contribution in [0, 0.1) is 0 Å². The Kier molecular flexibility index (Phi) is 7.55. The molecule has 2 rings (SSSR count). The number of aromatic nitrogens is 2. The first-order valence-corrected chi connectivity index (χ1v) is 8.70. The van der Waals surface area contributed by atoms with Gasteiger partial charge in [-0.25, -0.2) is 0 Å². The Morgan fingerprint density at radius 1 is 1.35 bits per heavy atom. The number of hydrogen-bond acceptors (Lipinski definition) is 4. The van der Waals surface area contributed by atoms with Crippen molar-refractivity contribution in [3.63, 3.8) is 0 Å². The van der Waals surface area contributed by atoms with E-state index >= 15 is 0 Å². The quantitative estimate of drug-likeness (QED) is 0.805. The van der Waals surface area contributed by atoms with Gasteiger partial charge < -0.3 is 10.1 Å². The molecule has 23 heavy (non-hydrogen) atoms. The minimum Gasteiger partial charge on any atom is -0.383 e. The number of carbonyl (C=O) groups excluding carboxylic acids is 1. The average molecular weight is 322 g/mol. The van der Waals surface area contributed by atoms with E-state index in [2.05, 4.69) is 15.7 Å². The molecule has 1 aliphatic carbocycles. The Morgan fingerprint density at radius 3 is 2.65 bits per heavy atom. The van der Waals surface area contributed by atoms with Crippen molar-refractivity contribution in [2.45, 2.75) is 57.0 Å². The maximum Gasteiger partial charge on any atom is 0.234 e. The number of rotatable bonds is 7. The van der Waals surface area contributed by atoms with Crippen molar-refractivity contribution >= 4 is 5.91 Å². The van der Waals surface area contributed by atoms with Gasteiger partial charge in [0.25, 0.3) is 0 Å². The molecule has 6 nitrogen and oxygen atoms in total. The molecule has 1 fully saturated rings. The molecular formula is C17H30N4O2. The van der Waals surface area contributed by atoms with Gasteiger partial charge in [-0.15, -0.1) is 0 Å². The lowest BCUT2D eigenvalue weighted by molar-refractivity contribution is -0.121. The summed E-state index contributed by atoms with van der Waals surface area (Å²) in [5.74, 6) is 0.0684. The second kappa shape index (κ2) is 9.67. The first-order valence-electron chi connectivity index (χ1n) is 8.70. The van der Waals surface area contributed by atoms with E-state index in [-0.39, 0.29) is 11.9 Å². The van der Waals surface area contributed by atoms with Crippen molar-refractivity contribution in [1.29, 1.82) is 0 Å². The van der Waals surface area contributed by atoms with Crippen LogP contribution in [-0.2, 0) is 16.6 Å². The fourth-order valence-electron chi connectivity index (χ4n) is 3.24. The SMILES string of the molecule is COC[C@@H](NCC(=O)NC1CCCCCCC1)c1ccnn1C. The van der Waals surface area contributed by atoms with E-state index in [1.165, 1.54) is 32.1 Å². The fraction of sp³-hybridized carbons (Fsp3) is 0.765. The van der Waals surface area contributed by atoms with Crippen LogP contribution >= 0.6 is 0 Å². The molecule has 0 spiro atoms. The smallest absolute Gasteiger partial charge is 0.234 e. The molecule has 130 valence electrons. The molecule has 6 heteroatoms. The minimum atomic E-state index is -0.0319. The Labute approximate surface area is 139 Å². The zero-order valence-electron chi connectivity index (χ0n) is 14.4. The summed E-state index contributed by atoms with van der Waals surface area (Å²) in [5, 5.41) is 10.6. The number of ether oxygens (including phenoxy) is 1. The Bertz CT molecular complexity index is 467. The van der Waals surface area contributed by atoms with Crippen molar-refractivity contribution in [2.24, 2.45) is 7.05 Å². The standard InChI is InChI=1S/C17H30N4O2/c1-21-16(10-11-19-21)15(13-23-2)18-12-17(22)20-14-8-6-4-3-5-7-9-14/h10-11,14-15,18H,3-9,12-13H2,1-2H3,(H,20,22)/t15-/m1/s1. The third kappa shape index (κ3) is 5.95. The van der Waals surface area contributed by atoms with Crippen LogP contribution in [-0.4, -0.2) is 42.0 Å². The molecule has 0 bridgehead atoms. The van der Waals surface area contributed by atoms with Crippen LogP contribution in [0.4, 0.5) is 0 Å². The number of hydrogen-bond donors (Lipinski definition) is 2. The molecule has 1 amide bonds. The maximum atomic E-state index is 12.2. The molecule has 1 saturated carbocycles. The number of methoxy groups -OCH3 is 1. The summed E-state index contributed by atoms with van der Waals surface area (Å²) in [7, 11) is 3.56. The first kappa shape index (κ1) is 17.9. The van der Waals surface area contributed by atoms with Crippen molar-refractivity contribution in [1.82, 2.24) is 20.4 Å². The van der Waals surface area contributed by atoms with Gasteiger partial charge in [-0.1, -0.05) is 32.1 Å². The molecule has 1 aromatic heterocycles. The normalized spacial score (nSPS) is 18.2. The molecule has 0 saturated heterocycles. The van der Waals surface area contributed by atoms with E-state index in [9.17, 15) is 4.79 Å². The highest BCUT2D eigenvalue weighted by molar-refractivity contribution is 5.78. The Balaban J connectivity index is 1.80. The summed E-state index contributed by atoms with van der Waals surface area (Å²) in [4.78, 5) is 12.2. The molecule has 1 aromatic rings. The first-order chi connectivity index (χ1) is 11.2. The summed E-state index contributed by atoms with van der Waals surface area (Å²) in [6, 6.07) is 2.25. The van der Waals surface area contributed by atoms with Crippen LogP contribution in [0.1, 0.15) is 56.7 Å². The number of aryl methyl sites for hydroxylation is 1. The lowest BCUT2D eigenvalue weighted by atomic mass is 9.97. The zero-order valence-corrected chi connectivity index (χ0v) is 14.4. The third-order valence-corrected chi connectivity index (χ3v) is 4.53. The van der Waals surface area contributed by atoms with E-state index < -0.39 is 0 Å². The molecule has 0 aliphatic heterocycles. The van der Waals surface area contributed by atoms with Crippen LogP contribution in [0.25, 0.3) is 0 Å². The highest BCUT2D eigenvalue weighted by Gasteiger charge is 2.18. The van der Waals surface area contributed by atoms with Gasteiger partial charge in [-0.3, -0.25) is 14.8 Å². The number of carbonyl (C=O) groups is 1. The summed E-state index contributed by atoms with van der Waals surface area (Å²) in [6.45, 7) is 0.811. The predicted octanol–water partition coefficient (Wildman–Crippen LogP) is 1.93.